The number of hydrogen-bond acceptors (Lipinski definition) is 3. The van der Waals surface area contributed by atoms with Crippen molar-refractivity contribution < 1.29 is 4.39 Å². The Morgan fingerprint density at radius 2 is 2.25 bits per heavy atom. The molecule has 104 valence electrons. The fraction of sp³-hybridized carbons (Fsp3) is 0.333. The number of halogens is 2. The van der Waals surface area contributed by atoms with Crippen molar-refractivity contribution in [2.24, 2.45) is 0 Å². The van der Waals surface area contributed by atoms with Crippen molar-refractivity contribution in [3.63, 3.8) is 0 Å². The van der Waals surface area contributed by atoms with E-state index in [1.165, 1.54) is 17.7 Å². The van der Waals surface area contributed by atoms with E-state index in [9.17, 15) is 4.39 Å². The molecule has 1 N–H and O–H groups in total. The van der Waals surface area contributed by atoms with Crippen molar-refractivity contribution in [3.8, 4) is 11.4 Å². The molecule has 0 aliphatic heterocycles. The summed E-state index contributed by atoms with van der Waals surface area (Å²) in [6.07, 6.45) is 5.11. The molecule has 20 heavy (non-hydrogen) atoms. The molecule has 1 unspecified atom stereocenters. The highest BCUT2D eigenvalue weighted by Gasteiger charge is 2.21. The molecule has 0 saturated heterocycles. The van der Waals surface area contributed by atoms with Crippen molar-refractivity contribution in [2.75, 3.05) is 7.05 Å². The fourth-order valence-corrected chi connectivity index (χ4v) is 3.18. The first-order chi connectivity index (χ1) is 9.69. The van der Waals surface area contributed by atoms with Crippen molar-refractivity contribution in [2.45, 2.75) is 25.3 Å². The number of nitrogens with one attached hydrogen (secondary N) is 1. The Kier molecular flexibility index (Phi) is 3.81. The monoisotopic (exact) mass is 335 g/mol. The Bertz CT molecular complexity index is 645. The first-order valence-corrected chi connectivity index (χ1v) is 7.47. The van der Waals surface area contributed by atoms with E-state index in [-0.39, 0.29) is 5.82 Å². The van der Waals surface area contributed by atoms with Gasteiger partial charge in [-0.25, -0.2) is 14.4 Å². The van der Waals surface area contributed by atoms with Gasteiger partial charge in [0, 0.05) is 33.5 Å². The summed E-state index contributed by atoms with van der Waals surface area (Å²) in [5.41, 5.74) is 3.10. The number of rotatable bonds is 2. The summed E-state index contributed by atoms with van der Waals surface area (Å²) in [5.74, 6) is 0.376. The van der Waals surface area contributed by atoms with E-state index in [2.05, 4.69) is 31.2 Å². The number of hydrogen-bond donors (Lipinski definition) is 1. The third-order valence-electron chi connectivity index (χ3n) is 3.70. The largest absolute Gasteiger partial charge is 0.313 e. The van der Waals surface area contributed by atoms with Crippen LogP contribution in [0.2, 0.25) is 0 Å². The lowest BCUT2D eigenvalue weighted by Crippen LogP contribution is -2.22. The van der Waals surface area contributed by atoms with Gasteiger partial charge in [-0.1, -0.05) is 0 Å². The molecule has 1 aliphatic rings. The maximum absolute atomic E-state index is 13.2. The molecule has 0 spiro atoms. The molecule has 3 nitrogen and oxygen atoms in total. The minimum atomic E-state index is -0.270. The molecule has 3 rings (SSSR count). The van der Waals surface area contributed by atoms with Crippen LogP contribution in [0.1, 0.15) is 30.1 Å². The SMILES string of the molecule is CNC1CCCc2nc(-c3ccc(F)cc3Br)ncc21. The highest BCUT2D eigenvalue weighted by Crippen LogP contribution is 2.31. The van der Waals surface area contributed by atoms with Crippen molar-refractivity contribution >= 4 is 15.9 Å². The Labute approximate surface area is 125 Å². The molecule has 0 amide bonds. The predicted molar refractivity (Wildman–Crippen MR) is 79.9 cm³/mol. The summed E-state index contributed by atoms with van der Waals surface area (Å²) < 4.78 is 13.8. The van der Waals surface area contributed by atoms with Crippen LogP contribution in [-0.2, 0) is 6.42 Å². The summed E-state index contributed by atoms with van der Waals surface area (Å²) in [5, 5.41) is 3.30. The van der Waals surface area contributed by atoms with Gasteiger partial charge in [0.05, 0.1) is 0 Å². The van der Waals surface area contributed by atoms with Crippen LogP contribution in [0, 0.1) is 5.82 Å². The van der Waals surface area contributed by atoms with Crippen LogP contribution in [-0.4, -0.2) is 17.0 Å². The Morgan fingerprint density at radius 3 is 3.00 bits per heavy atom. The van der Waals surface area contributed by atoms with Crippen LogP contribution in [0.4, 0.5) is 4.39 Å². The lowest BCUT2D eigenvalue weighted by Gasteiger charge is -2.24. The molecule has 2 aromatic rings. The lowest BCUT2D eigenvalue weighted by atomic mass is 9.92. The van der Waals surface area contributed by atoms with E-state index in [0.29, 0.717) is 16.3 Å². The third kappa shape index (κ3) is 2.47. The fourth-order valence-electron chi connectivity index (χ4n) is 2.65. The van der Waals surface area contributed by atoms with Crippen LogP contribution in [0.3, 0.4) is 0 Å². The van der Waals surface area contributed by atoms with Crippen LogP contribution >= 0.6 is 15.9 Å². The Morgan fingerprint density at radius 1 is 1.40 bits per heavy atom. The number of fused-ring (bicyclic) bond motifs is 1. The van der Waals surface area contributed by atoms with Gasteiger partial charge in [-0.2, -0.15) is 0 Å². The second kappa shape index (κ2) is 5.58. The molecule has 1 aliphatic carbocycles. The van der Waals surface area contributed by atoms with Crippen LogP contribution in [0.25, 0.3) is 11.4 Å². The number of aromatic nitrogens is 2. The molecule has 1 aromatic carbocycles. The normalized spacial score (nSPS) is 17.9. The molecule has 0 radical (unpaired) electrons. The second-order valence-corrected chi connectivity index (χ2v) is 5.81. The van der Waals surface area contributed by atoms with Gasteiger partial charge in [0.25, 0.3) is 0 Å². The zero-order chi connectivity index (χ0) is 14.1. The molecule has 1 aromatic heterocycles. The summed E-state index contributed by atoms with van der Waals surface area (Å²) in [4.78, 5) is 9.12. The van der Waals surface area contributed by atoms with E-state index >= 15 is 0 Å². The number of aryl methyl sites for hydroxylation is 1. The second-order valence-electron chi connectivity index (χ2n) is 4.95. The highest BCUT2D eigenvalue weighted by atomic mass is 79.9. The molecule has 0 saturated carbocycles. The highest BCUT2D eigenvalue weighted by molar-refractivity contribution is 9.10. The quantitative estimate of drug-likeness (QED) is 0.910. The standard InChI is InChI=1S/C15H15BrFN3/c1-18-13-3-2-4-14-11(13)8-19-15(20-14)10-6-5-9(17)7-12(10)16/h5-8,13,18H,2-4H2,1H3. The van der Waals surface area contributed by atoms with Crippen LogP contribution < -0.4 is 5.32 Å². The predicted octanol–water partition coefficient (Wildman–Crippen LogP) is 3.64. The first-order valence-electron chi connectivity index (χ1n) is 6.67. The minimum absolute atomic E-state index is 0.270. The Balaban J connectivity index is 2.04. The molecule has 5 heteroatoms. The molecule has 0 bridgehead atoms. The van der Waals surface area contributed by atoms with Gasteiger partial charge in [0.15, 0.2) is 5.82 Å². The van der Waals surface area contributed by atoms with Gasteiger partial charge >= 0.3 is 0 Å². The van der Waals surface area contributed by atoms with Crippen LogP contribution in [0.15, 0.2) is 28.9 Å². The molecule has 0 fully saturated rings. The zero-order valence-corrected chi connectivity index (χ0v) is 12.7. The maximum Gasteiger partial charge on any atom is 0.160 e. The van der Waals surface area contributed by atoms with Gasteiger partial charge in [0.2, 0.25) is 0 Å². The van der Waals surface area contributed by atoms with E-state index in [1.807, 2.05) is 13.2 Å². The summed E-state index contributed by atoms with van der Waals surface area (Å²) in [7, 11) is 1.96. The average molecular weight is 336 g/mol. The van der Waals surface area contributed by atoms with Gasteiger partial charge in [-0.15, -0.1) is 0 Å². The summed E-state index contributed by atoms with van der Waals surface area (Å²) >= 11 is 3.37. The summed E-state index contributed by atoms with van der Waals surface area (Å²) in [6.45, 7) is 0. The number of benzene rings is 1. The maximum atomic E-state index is 13.2. The molecular weight excluding hydrogens is 321 g/mol. The lowest BCUT2D eigenvalue weighted by molar-refractivity contribution is 0.488. The van der Waals surface area contributed by atoms with E-state index in [4.69, 9.17) is 0 Å². The molecule has 1 atom stereocenters. The average Bonchev–Trinajstić information content (AvgIpc) is 2.46. The molecule has 1 heterocycles. The smallest absolute Gasteiger partial charge is 0.160 e. The van der Waals surface area contributed by atoms with Gasteiger partial charge in [0.1, 0.15) is 5.82 Å². The van der Waals surface area contributed by atoms with E-state index in [1.54, 1.807) is 6.07 Å². The van der Waals surface area contributed by atoms with E-state index in [0.717, 1.165) is 30.5 Å². The van der Waals surface area contributed by atoms with Gasteiger partial charge < -0.3 is 5.32 Å². The molecular formula is C15H15BrFN3. The first kappa shape index (κ1) is 13.6. The minimum Gasteiger partial charge on any atom is -0.313 e. The van der Waals surface area contributed by atoms with Gasteiger partial charge in [-0.05, 0) is 60.4 Å². The van der Waals surface area contributed by atoms with Crippen molar-refractivity contribution in [3.05, 3.63) is 45.9 Å². The van der Waals surface area contributed by atoms with Crippen LogP contribution in [0.5, 0.6) is 0 Å². The van der Waals surface area contributed by atoms with E-state index < -0.39 is 0 Å². The topological polar surface area (TPSA) is 37.8 Å². The third-order valence-corrected chi connectivity index (χ3v) is 4.36. The van der Waals surface area contributed by atoms with Crippen molar-refractivity contribution in [1.29, 1.82) is 0 Å². The van der Waals surface area contributed by atoms with Gasteiger partial charge in [-0.3, -0.25) is 0 Å². The summed E-state index contributed by atoms with van der Waals surface area (Å²) in [6, 6.07) is 4.91. The zero-order valence-electron chi connectivity index (χ0n) is 11.2. The van der Waals surface area contributed by atoms with Crippen molar-refractivity contribution in [1.82, 2.24) is 15.3 Å². The number of nitrogens with zero attached hydrogens (tertiary/aromatic N) is 2. The Hall–Kier alpha value is -1.33.